The number of nitrogens with zero attached hydrogens (tertiary/aromatic N) is 1. The second kappa shape index (κ2) is 14.3. The molecular weight excluding hydrogens is 500 g/mol. The molecule has 0 bridgehead atoms. The molecule has 0 unspecified atom stereocenters. The van der Waals surface area contributed by atoms with E-state index >= 15 is 0 Å². The lowest BCUT2D eigenvalue weighted by molar-refractivity contribution is -0.139. The Labute approximate surface area is 229 Å². The van der Waals surface area contributed by atoms with Crippen molar-refractivity contribution in [3.05, 3.63) is 107 Å². The molecule has 37 heavy (non-hydrogen) atoms. The van der Waals surface area contributed by atoms with Crippen molar-refractivity contribution in [3.63, 3.8) is 0 Å². The lowest BCUT2D eigenvalue weighted by Gasteiger charge is -2.33. The highest BCUT2D eigenvalue weighted by Gasteiger charge is 2.32. The second-order valence-corrected chi connectivity index (χ2v) is 11.0. The lowest BCUT2D eigenvalue weighted by Crippen LogP contribution is -2.53. The topological polar surface area (TPSA) is 49.4 Å². The number of thioether (sulfide) groups is 1. The molecule has 0 spiro atoms. The van der Waals surface area contributed by atoms with Crippen molar-refractivity contribution in [2.45, 2.75) is 62.9 Å². The number of rotatable bonds is 11. The predicted molar refractivity (Wildman–Crippen MR) is 154 cm³/mol. The first-order chi connectivity index (χ1) is 18.1. The van der Waals surface area contributed by atoms with Crippen LogP contribution >= 0.6 is 23.4 Å². The van der Waals surface area contributed by atoms with Crippen LogP contribution < -0.4 is 5.32 Å². The van der Waals surface area contributed by atoms with E-state index < -0.39 is 6.04 Å². The number of hydrogen-bond acceptors (Lipinski definition) is 3. The number of halogens is 1. The number of carbonyl (C=O) groups is 2. The summed E-state index contributed by atoms with van der Waals surface area (Å²) in [5.41, 5.74) is 3.04. The van der Waals surface area contributed by atoms with Crippen LogP contribution in [0.5, 0.6) is 0 Å². The fraction of sp³-hybridized carbons (Fsp3) is 0.355. The monoisotopic (exact) mass is 534 g/mol. The highest BCUT2D eigenvalue weighted by molar-refractivity contribution is 7.99. The van der Waals surface area contributed by atoms with E-state index in [1.807, 2.05) is 72.8 Å². The first-order valence-corrected chi connectivity index (χ1v) is 14.6. The van der Waals surface area contributed by atoms with Gasteiger partial charge in [0.15, 0.2) is 0 Å². The zero-order valence-corrected chi connectivity index (χ0v) is 22.7. The zero-order valence-electron chi connectivity index (χ0n) is 21.2. The fourth-order valence-corrected chi connectivity index (χ4v) is 5.89. The number of hydrogen-bond donors (Lipinski definition) is 1. The minimum atomic E-state index is -0.620. The molecule has 194 valence electrons. The second-order valence-electron chi connectivity index (χ2n) is 9.64. The van der Waals surface area contributed by atoms with Crippen molar-refractivity contribution in [3.8, 4) is 0 Å². The Balaban J connectivity index is 1.57. The van der Waals surface area contributed by atoms with Crippen molar-refractivity contribution < 1.29 is 9.59 Å². The fourth-order valence-electron chi connectivity index (χ4n) is 4.82. The maximum atomic E-state index is 13.8. The third-order valence-corrected chi connectivity index (χ3v) is 8.22. The first-order valence-electron chi connectivity index (χ1n) is 13.1. The highest BCUT2D eigenvalue weighted by atomic mass is 35.5. The molecule has 0 radical (unpaired) electrons. The molecule has 1 N–H and O–H groups in total. The molecule has 6 heteroatoms. The molecule has 1 fully saturated rings. The van der Waals surface area contributed by atoms with Crippen LogP contribution in [0.1, 0.15) is 48.8 Å². The molecule has 1 aliphatic carbocycles. The summed E-state index contributed by atoms with van der Waals surface area (Å²) in [6, 6.07) is 27.2. The van der Waals surface area contributed by atoms with Crippen molar-refractivity contribution in [2.75, 3.05) is 5.75 Å². The highest BCUT2D eigenvalue weighted by Crippen LogP contribution is 2.23. The van der Waals surface area contributed by atoms with E-state index in [-0.39, 0.29) is 17.9 Å². The van der Waals surface area contributed by atoms with Crippen LogP contribution in [0.3, 0.4) is 0 Å². The van der Waals surface area contributed by atoms with Crippen LogP contribution in [0.15, 0.2) is 84.9 Å². The summed E-state index contributed by atoms with van der Waals surface area (Å²) in [4.78, 5) is 29.3. The number of nitrogens with one attached hydrogen (secondary N) is 1. The van der Waals surface area contributed by atoms with Crippen molar-refractivity contribution in [2.24, 2.45) is 0 Å². The smallest absolute Gasteiger partial charge is 0.243 e. The van der Waals surface area contributed by atoms with Gasteiger partial charge in [-0.3, -0.25) is 9.59 Å². The minimum absolute atomic E-state index is 0.0550. The van der Waals surface area contributed by atoms with E-state index in [1.54, 1.807) is 16.7 Å². The standard InChI is InChI=1S/C31H35ClN2O2S/c32-28-19-11-10-16-26(28)21-34(30(35)23-37-22-25-14-6-2-7-15-25)29(20-24-12-4-1-5-13-24)31(36)33-27-17-8-3-9-18-27/h1-2,4-7,10-16,19,27,29H,3,8-9,17-18,20-23H2,(H,33,36)/t29-/m1/s1. The summed E-state index contributed by atoms with van der Waals surface area (Å²) in [6.07, 6.45) is 5.93. The Kier molecular flexibility index (Phi) is 10.5. The van der Waals surface area contributed by atoms with E-state index in [0.29, 0.717) is 23.7 Å². The molecule has 1 atom stereocenters. The van der Waals surface area contributed by atoms with Crippen molar-refractivity contribution >= 4 is 35.2 Å². The Morgan fingerprint density at radius 1 is 0.865 bits per heavy atom. The third-order valence-electron chi connectivity index (χ3n) is 6.86. The molecule has 2 amide bonds. The van der Waals surface area contributed by atoms with Gasteiger partial charge in [0.25, 0.3) is 0 Å². The summed E-state index contributed by atoms with van der Waals surface area (Å²) < 4.78 is 0. The predicted octanol–water partition coefficient (Wildman–Crippen LogP) is 6.66. The molecule has 0 saturated heterocycles. The molecule has 1 aliphatic rings. The van der Waals surface area contributed by atoms with Crippen LogP contribution in [-0.2, 0) is 28.3 Å². The number of amides is 2. The summed E-state index contributed by atoms with van der Waals surface area (Å²) in [6.45, 7) is 0.292. The molecule has 0 heterocycles. The average molecular weight is 535 g/mol. The van der Waals surface area contributed by atoms with Gasteiger partial charge in [-0.2, -0.15) is 0 Å². The SMILES string of the molecule is O=C(NC1CCCCC1)[C@@H](Cc1ccccc1)N(Cc1ccccc1Cl)C(=O)CSCc1ccccc1. The number of benzene rings is 3. The van der Waals surface area contributed by atoms with Gasteiger partial charge in [0.05, 0.1) is 5.75 Å². The Hall–Kier alpha value is -2.76. The van der Waals surface area contributed by atoms with E-state index in [1.165, 1.54) is 12.0 Å². The third kappa shape index (κ3) is 8.37. The zero-order chi connectivity index (χ0) is 25.9. The average Bonchev–Trinajstić information content (AvgIpc) is 2.93. The van der Waals surface area contributed by atoms with Gasteiger partial charge in [0.2, 0.25) is 11.8 Å². The Bertz CT molecular complexity index is 1140. The molecule has 3 aromatic carbocycles. The molecule has 4 rings (SSSR count). The molecular formula is C31H35ClN2O2S. The largest absolute Gasteiger partial charge is 0.352 e. The maximum Gasteiger partial charge on any atom is 0.243 e. The summed E-state index contributed by atoms with van der Waals surface area (Å²) in [5, 5.41) is 3.88. The van der Waals surface area contributed by atoms with Gasteiger partial charge < -0.3 is 10.2 Å². The van der Waals surface area contributed by atoms with Gasteiger partial charge in [0, 0.05) is 29.8 Å². The summed E-state index contributed by atoms with van der Waals surface area (Å²) >= 11 is 8.09. The summed E-state index contributed by atoms with van der Waals surface area (Å²) in [7, 11) is 0. The molecule has 3 aromatic rings. The van der Waals surface area contributed by atoms with Crippen LogP contribution in [0.2, 0.25) is 5.02 Å². The van der Waals surface area contributed by atoms with Crippen molar-refractivity contribution in [1.82, 2.24) is 10.2 Å². The molecule has 1 saturated carbocycles. The minimum Gasteiger partial charge on any atom is -0.352 e. The van der Waals surface area contributed by atoms with Crippen LogP contribution in [-0.4, -0.2) is 34.6 Å². The van der Waals surface area contributed by atoms with Gasteiger partial charge in [-0.1, -0.05) is 110 Å². The van der Waals surface area contributed by atoms with Gasteiger partial charge in [-0.15, -0.1) is 11.8 Å². The van der Waals surface area contributed by atoms with E-state index in [0.717, 1.165) is 42.6 Å². The van der Waals surface area contributed by atoms with E-state index in [2.05, 4.69) is 17.4 Å². The number of carbonyl (C=O) groups excluding carboxylic acids is 2. The van der Waals surface area contributed by atoms with E-state index in [4.69, 9.17) is 11.6 Å². The van der Waals surface area contributed by atoms with Crippen molar-refractivity contribution in [1.29, 1.82) is 0 Å². The van der Waals surface area contributed by atoms with Gasteiger partial charge in [-0.05, 0) is 35.6 Å². The summed E-state index contributed by atoms with van der Waals surface area (Å²) in [5.74, 6) is 0.899. The van der Waals surface area contributed by atoms with Gasteiger partial charge in [0.1, 0.15) is 6.04 Å². The normalized spacial score (nSPS) is 14.6. The van der Waals surface area contributed by atoms with Crippen LogP contribution in [0.4, 0.5) is 0 Å². The Morgan fingerprint density at radius 3 is 2.16 bits per heavy atom. The van der Waals surface area contributed by atoms with Crippen LogP contribution in [0.25, 0.3) is 0 Å². The van der Waals surface area contributed by atoms with Gasteiger partial charge in [-0.25, -0.2) is 0 Å². The van der Waals surface area contributed by atoms with Crippen LogP contribution in [0, 0.1) is 0 Å². The lowest BCUT2D eigenvalue weighted by atomic mass is 9.94. The quantitative estimate of drug-likeness (QED) is 0.299. The maximum absolute atomic E-state index is 13.8. The van der Waals surface area contributed by atoms with Gasteiger partial charge >= 0.3 is 0 Å². The Morgan fingerprint density at radius 2 is 1.49 bits per heavy atom. The molecule has 4 nitrogen and oxygen atoms in total. The first kappa shape index (κ1) is 27.3. The van der Waals surface area contributed by atoms with E-state index in [9.17, 15) is 9.59 Å². The molecule has 0 aromatic heterocycles. The molecule has 0 aliphatic heterocycles.